The fraction of sp³-hybridized carbons (Fsp3) is 0.870. The third kappa shape index (κ3) is 12.2. The minimum atomic E-state index is -0.687. The van der Waals surface area contributed by atoms with Crippen molar-refractivity contribution in [3.05, 3.63) is 12.2 Å². The van der Waals surface area contributed by atoms with Gasteiger partial charge in [0.1, 0.15) is 18.6 Å². The SMILES string of the molecule is C/C=C/CCCC(O)C[N+](CCCCC)(CCCCC)CC(CC)C(=O)O. The number of carboxylic acid groups (broad SMARTS) is 1. The monoisotopic (exact) mass is 384 g/mol. The predicted octanol–water partition coefficient (Wildman–Crippen LogP) is 5.40. The lowest BCUT2D eigenvalue weighted by Gasteiger charge is -2.42. The summed E-state index contributed by atoms with van der Waals surface area (Å²) in [6, 6.07) is 0. The summed E-state index contributed by atoms with van der Waals surface area (Å²) in [5, 5.41) is 20.4. The molecule has 4 nitrogen and oxygen atoms in total. The van der Waals surface area contributed by atoms with Gasteiger partial charge in [0, 0.05) is 0 Å². The zero-order valence-electron chi connectivity index (χ0n) is 18.5. The lowest BCUT2D eigenvalue weighted by atomic mass is 10.0. The number of allylic oxidation sites excluding steroid dienone is 2. The molecule has 2 unspecified atom stereocenters. The van der Waals surface area contributed by atoms with Gasteiger partial charge in [-0.05, 0) is 58.3 Å². The van der Waals surface area contributed by atoms with Crippen LogP contribution in [0.1, 0.15) is 91.9 Å². The number of quaternary nitrogens is 1. The van der Waals surface area contributed by atoms with Crippen LogP contribution in [0.15, 0.2) is 12.2 Å². The number of aliphatic hydroxyl groups excluding tert-OH is 1. The molecule has 0 aliphatic rings. The number of unbranched alkanes of at least 4 members (excludes halogenated alkanes) is 5. The van der Waals surface area contributed by atoms with E-state index < -0.39 is 5.97 Å². The minimum Gasteiger partial charge on any atom is -0.481 e. The first-order chi connectivity index (χ1) is 12.9. The molecule has 0 rings (SSSR count). The standard InChI is InChI=1S/C23H45NO3/c1-5-9-12-13-16-22(25)20-24(17-14-10-6-2,18-15-11-7-3)19-21(8-4)23(26)27/h5,9,21-22,25H,6-8,10-20H2,1-4H3/p+1/b9-5+. The van der Waals surface area contributed by atoms with Crippen molar-refractivity contribution in [1.82, 2.24) is 0 Å². The van der Waals surface area contributed by atoms with Crippen LogP contribution in [0.25, 0.3) is 0 Å². The van der Waals surface area contributed by atoms with Crippen LogP contribution < -0.4 is 0 Å². The number of rotatable bonds is 18. The van der Waals surface area contributed by atoms with E-state index in [-0.39, 0.29) is 12.0 Å². The van der Waals surface area contributed by atoms with Crippen LogP contribution in [0, 0.1) is 5.92 Å². The molecule has 0 aliphatic heterocycles. The number of carbonyl (C=O) groups is 1. The molecule has 0 aromatic carbocycles. The summed E-state index contributed by atoms with van der Waals surface area (Å²) in [5.74, 6) is -1.00. The highest BCUT2D eigenvalue weighted by Gasteiger charge is 2.34. The number of aliphatic hydroxyl groups is 1. The highest BCUT2D eigenvalue weighted by atomic mass is 16.4. The summed E-state index contributed by atoms with van der Waals surface area (Å²) in [6.45, 7) is 11.7. The second-order valence-electron chi connectivity index (χ2n) is 8.17. The predicted molar refractivity (Wildman–Crippen MR) is 115 cm³/mol. The van der Waals surface area contributed by atoms with E-state index in [0.717, 1.165) is 62.5 Å². The Bertz CT molecular complexity index is 385. The maximum absolute atomic E-state index is 11.7. The number of hydrogen-bond donors (Lipinski definition) is 2. The maximum Gasteiger partial charge on any atom is 0.312 e. The molecule has 0 aromatic heterocycles. The Morgan fingerprint density at radius 3 is 2.00 bits per heavy atom. The van der Waals surface area contributed by atoms with Gasteiger partial charge in [0.25, 0.3) is 0 Å². The Balaban J connectivity index is 5.21. The average Bonchev–Trinajstić information content (AvgIpc) is 2.63. The van der Waals surface area contributed by atoms with Crippen molar-refractivity contribution in [2.45, 2.75) is 98.0 Å². The van der Waals surface area contributed by atoms with Gasteiger partial charge >= 0.3 is 5.97 Å². The van der Waals surface area contributed by atoms with E-state index in [9.17, 15) is 15.0 Å². The number of carboxylic acids is 1. The summed E-state index contributed by atoms with van der Waals surface area (Å²) in [4.78, 5) is 11.7. The molecule has 2 atom stereocenters. The second kappa shape index (κ2) is 16.1. The molecule has 0 aliphatic carbocycles. The zero-order chi connectivity index (χ0) is 20.5. The summed E-state index contributed by atoms with van der Waals surface area (Å²) in [6.07, 6.45) is 14.2. The van der Waals surface area contributed by atoms with Gasteiger partial charge in [0.15, 0.2) is 0 Å². The van der Waals surface area contributed by atoms with E-state index in [1.165, 1.54) is 12.8 Å². The van der Waals surface area contributed by atoms with Crippen LogP contribution in [0.4, 0.5) is 0 Å². The van der Waals surface area contributed by atoms with Crippen LogP contribution in [0.2, 0.25) is 0 Å². The van der Waals surface area contributed by atoms with Crippen molar-refractivity contribution in [1.29, 1.82) is 0 Å². The van der Waals surface area contributed by atoms with Crippen molar-refractivity contribution in [3.8, 4) is 0 Å². The van der Waals surface area contributed by atoms with Crippen molar-refractivity contribution in [2.24, 2.45) is 5.92 Å². The van der Waals surface area contributed by atoms with E-state index in [1.807, 2.05) is 13.8 Å². The van der Waals surface area contributed by atoms with Crippen LogP contribution >= 0.6 is 0 Å². The third-order valence-electron chi connectivity index (χ3n) is 5.66. The molecule has 0 saturated heterocycles. The van der Waals surface area contributed by atoms with Crippen LogP contribution in [0.3, 0.4) is 0 Å². The van der Waals surface area contributed by atoms with Crippen molar-refractivity contribution in [2.75, 3.05) is 26.2 Å². The van der Waals surface area contributed by atoms with Crippen molar-refractivity contribution < 1.29 is 19.5 Å². The Morgan fingerprint density at radius 1 is 0.963 bits per heavy atom. The smallest absolute Gasteiger partial charge is 0.312 e. The first-order valence-corrected chi connectivity index (χ1v) is 11.3. The second-order valence-corrected chi connectivity index (χ2v) is 8.17. The molecule has 0 bridgehead atoms. The van der Waals surface area contributed by atoms with Crippen molar-refractivity contribution >= 4 is 5.97 Å². The first-order valence-electron chi connectivity index (χ1n) is 11.3. The Morgan fingerprint density at radius 2 is 1.56 bits per heavy atom. The van der Waals surface area contributed by atoms with Gasteiger partial charge in [-0.3, -0.25) is 4.79 Å². The lowest BCUT2D eigenvalue weighted by Crippen LogP contribution is -2.56. The molecular weight excluding hydrogens is 338 g/mol. The summed E-state index contributed by atoms with van der Waals surface area (Å²) in [7, 11) is 0. The molecule has 27 heavy (non-hydrogen) atoms. The molecule has 0 spiro atoms. The fourth-order valence-corrected chi connectivity index (χ4v) is 3.97. The van der Waals surface area contributed by atoms with Gasteiger partial charge < -0.3 is 14.7 Å². The molecule has 0 saturated carbocycles. The van der Waals surface area contributed by atoms with Gasteiger partial charge in [-0.1, -0.05) is 45.8 Å². The minimum absolute atomic E-state index is 0.316. The Kier molecular flexibility index (Phi) is 15.6. The van der Waals surface area contributed by atoms with Gasteiger partial charge in [0.05, 0.1) is 19.6 Å². The quantitative estimate of drug-likeness (QED) is 0.189. The molecule has 160 valence electrons. The van der Waals surface area contributed by atoms with Gasteiger partial charge in [0.2, 0.25) is 0 Å². The van der Waals surface area contributed by atoms with E-state index in [2.05, 4.69) is 26.0 Å². The Hall–Kier alpha value is -0.870. The highest BCUT2D eigenvalue weighted by Crippen LogP contribution is 2.21. The van der Waals surface area contributed by atoms with E-state index in [4.69, 9.17) is 0 Å². The van der Waals surface area contributed by atoms with E-state index in [1.54, 1.807) is 0 Å². The van der Waals surface area contributed by atoms with Gasteiger partial charge in [-0.2, -0.15) is 0 Å². The Labute approximate surface area is 168 Å². The molecule has 0 fully saturated rings. The summed E-state index contributed by atoms with van der Waals surface area (Å²) >= 11 is 0. The third-order valence-corrected chi connectivity index (χ3v) is 5.66. The van der Waals surface area contributed by atoms with Crippen LogP contribution in [-0.2, 0) is 4.79 Å². The van der Waals surface area contributed by atoms with Crippen LogP contribution in [0.5, 0.6) is 0 Å². The van der Waals surface area contributed by atoms with E-state index in [0.29, 0.717) is 19.5 Å². The average molecular weight is 385 g/mol. The topological polar surface area (TPSA) is 57.5 Å². The maximum atomic E-state index is 11.7. The molecule has 0 heterocycles. The molecule has 0 amide bonds. The number of hydrogen-bond acceptors (Lipinski definition) is 2. The fourth-order valence-electron chi connectivity index (χ4n) is 3.97. The largest absolute Gasteiger partial charge is 0.481 e. The molecule has 4 heteroatoms. The number of aliphatic carboxylic acids is 1. The van der Waals surface area contributed by atoms with Crippen molar-refractivity contribution in [3.63, 3.8) is 0 Å². The first kappa shape index (κ1) is 26.1. The molecule has 0 aromatic rings. The highest BCUT2D eigenvalue weighted by molar-refractivity contribution is 5.69. The summed E-state index contributed by atoms with van der Waals surface area (Å²) in [5.41, 5.74) is 0. The molecule has 2 N–H and O–H groups in total. The van der Waals surface area contributed by atoms with E-state index >= 15 is 0 Å². The normalized spacial score (nSPS) is 14.6. The zero-order valence-corrected chi connectivity index (χ0v) is 18.5. The van der Waals surface area contributed by atoms with Gasteiger partial charge in [-0.15, -0.1) is 0 Å². The summed E-state index contributed by atoms with van der Waals surface area (Å²) < 4.78 is 0.773. The molecular formula is C23H46NO3+. The van der Waals surface area contributed by atoms with Gasteiger partial charge in [-0.25, -0.2) is 0 Å². The lowest BCUT2D eigenvalue weighted by molar-refractivity contribution is -0.933. The van der Waals surface area contributed by atoms with Crippen LogP contribution in [-0.4, -0.2) is 52.9 Å². The number of nitrogens with zero attached hydrogens (tertiary/aromatic N) is 1. The molecule has 0 radical (unpaired) electrons.